The Hall–Kier alpha value is -1.91. The summed E-state index contributed by atoms with van der Waals surface area (Å²) < 4.78 is 0. The molecule has 104 valence electrons. The summed E-state index contributed by atoms with van der Waals surface area (Å²) in [7, 11) is 1.80. The molecule has 1 rings (SSSR count). The zero-order valence-corrected chi connectivity index (χ0v) is 11.9. The summed E-state index contributed by atoms with van der Waals surface area (Å²) in [6.07, 6.45) is 3.78. The molecule has 1 aromatic heterocycles. The molecule has 0 aliphatic rings. The molecule has 0 fully saturated rings. The zero-order chi connectivity index (χ0) is 14.3. The first-order valence-corrected chi connectivity index (χ1v) is 6.54. The molecule has 5 heteroatoms. The number of carbonyl (C=O) groups is 1. The van der Waals surface area contributed by atoms with Gasteiger partial charge in [0.25, 0.3) is 5.91 Å². The number of hydrogen-bond acceptors (Lipinski definition) is 4. The molecule has 0 aromatic carbocycles. The lowest BCUT2D eigenvalue weighted by atomic mass is 10.2. The zero-order valence-electron chi connectivity index (χ0n) is 11.9. The third-order valence-electron chi connectivity index (χ3n) is 2.67. The standard InChI is InChI=1S/C14H22N4O/c1-5-7-9-18(4)13(19)12-10-11(3)16-14(17-12)15-8-6-2/h6,10H,2,5,7-9H2,1,3-4H3,(H,15,16,17). The van der Waals surface area contributed by atoms with Crippen LogP contribution in [-0.4, -0.2) is 40.9 Å². The van der Waals surface area contributed by atoms with E-state index in [1.165, 1.54) is 0 Å². The van der Waals surface area contributed by atoms with Gasteiger partial charge in [-0.15, -0.1) is 6.58 Å². The third kappa shape index (κ3) is 4.69. The second-order valence-corrected chi connectivity index (χ2v) is 4.47. The number of aromatic nitrogens is 2. The van der Waals surface area contributed by atoms with E-state index in [-0.39, 0.29) is 5.91 Å². The summed E-state index contributed by atoms with van der Waals surface area (Å²) >= 11 is 0. The second-order valence-electron chi connectivity index (χ2n) is 4.47. The van der Waals surface area contributed by atoms with Crippen LogP contribution in [0.15, 0.2) is 18.7 Å². The van der Waals surface area contributed by atoms with E-state index in [0.717, 1.165) is 25.1 Å². The number of nitrogens with one attached hydrogen (secondary N) is 1. The molecular formula is C14H22N4O. The Morgan fingerprint density at radius 1 is 1.53 bits per heavy atom. The van der Waals surface area contributed by atoms with Crippen molar-refractivity contribution in [1.29, 1.82) is 0 Å². The van der Waals surface area contributed by atoms with E-state index >= 15 is 0 Å². The number of carbonyl (C=O) groups excluding carboxylic acids is 1. The van der Waals surface area contributed by atoms with E-state index in [1.807, 2.05) is 6.92 Å². The second kappa shape index (κ2) is 7.51. The van der Waals surface area contributed by atoms with Crippen LogP contribution in [0.3, 0.4) is 0 Å². The Bertz CT molecular complexity index is 445. The first-order valence-electron chi connectivity index (χ1n) is 6.54. The predicted octanol–water partition coefficient (Wildman–Crippen LogP) is 2.26. The van der Waals surface area contributed by atoms with Crippen molar-refractivity contribution in [3.63, 3.8) is 0 Å². The van der Waals surface area contributed by atoms with Gasteiger partial charge in [-0.05, 0) is 19.4 Å². The Labute approximate surface area is 114 Å². The highest BCUT2D eigenvalue weighted by atomic mass is 16.2. The highest BCUT2D eigenvalue weighted by Gasteiger charge is 2.14. The van der Waals surface area contributed by atoms with Gasteiger partial charge < -0.3 is 10.2 Å². The van der Waals surface area contributed by atoms with Crippen LogP contribution in [0, 0.1) is 6.92 Å². The van der Waals surface area contributed by atoms with Crippen molar-refractivity contribution in [2.24, 2.45) is 0 Å². The minimum absolute atomic E-state index is 0.0689. The van der Waals surface area contributed by atoms with Crippen LogP contribution < -0.4 is 5.32 Å². The van der Waals surface area contributed by atoms with Crippen molar-refractivity contribution in [3.05, 3.63) is 30.1 Å². The van der Waals surface area contributed by atoms with Gasteiger partial charge in [0.05, 0.1) is 0 Å². The van der Waals surface area contributed by atoms with Crippen LogP contribution in [-0.2, 0) is 0 Å². The van der Waals surface area contributed by atoms with E-state index in [4.69, 9.17) is 0 Å². The van der Waals surface area contributed by atoms with Crippen LogP contribution in [0.25, 0.3) is 0 Å². The van der Waals surface area contributed by atoms with E-state index in [9.17, 15) is 4.79 Å². The van der Waals surface area contributed by atoms with Crippen LogP contribution in [0.4, 0.5) is 5.95 Å². The number of nitrogens with zero attached hydrogens (tertiary/aromatic N) is 3. The molecule has 0 aliphatic carbocycles. The Morgan fingerprint density at radius 2 is 2.26 bits per heavy atom. The molecule has 19 heavy (non-hydrogen) atoms. The van der Waals surface area contributed by atoms with Crippen molar-refractivity contribution < 1.29 is 4.79 Å². The predicted molar refractivity (Wildman–Crippen MR) is 77.3 cm³/mol. The summed E-state index contributed by atoms with van der Waals surface area (Å²) in [6.45, 7) is 8.89. The lowest BCUT2D eigenvalue weighted by molar-refractivity contribution is 0.0787. The molecule has 1 amide bonds. The summed E-state index contributed by atoms with van der Waals surface area (Å²) in [5.74, 6) is 0.396. The summed E-state index contributed by atoms with van der Waals surface area (Å²) in [5.41, 5.74) is 1.20. The van der Waals surface area contributed by atoms with Gasteiger partial charge in [-0.3, -0.25) is 4.79 Å². The highest BCUT2D eigenvalue weighted by molar-refractivity contribution is 5.92. The molecule has 5 nitrogen and oxygen atoms in total. The number of rotatable bonds is 7. The number of unbranched alkanes of at least 4 members (excludes halogenated alkanes) is 1. The molecule has 0 aliphatic heterocycles. The molecule has 1 heterocycles. The normalized spacial score (nSPS) is 10.1. The van der Waals surface area contributed by atoms with Gasteiger partial charge in [0.15, 0.2) is 0 Å². The quantitative estimate of drug-likeness (QED) is 0.766. The van der Waals surface area contributed by atoms with E-state index < -0.39 is 0 Å². The minimum Gasteiger partial charge on any atom is -0.351 e. The Morgan fingerprint density at radius 3 is 2.89 bits per heavy atom. The monoisotopic (exact) mass is 262 g/mol. The maximum absolute atomic E-state index is 12.2. The molecule has 0 unspecified atom stereocenters. The largest absolute Gasteiger partial charge is 0.351 e. The smallest absolute Gasteiger partial charge is 0.272 e. The van der Waals surface area contributed by atoms with Crippen LogP contribution in [0.5, 0.6) is 0 Å². The maximum atomic E-state index is 12.2. The average molecular weight is 262 g/mol. The van der Waals surface area contributed by atoms with Gasteiger partial charge in [-0.25, -0.2) is 9.97 Å². The van der Waals surface area contributed by atoms with Crippen molar-refractivity contribution in [3.8, 4) is 0 Å². The van der Waals surface area contributed by atoms with Crippen molar-refractivity contribution >= 4 is 11.9 Å². The molecule has 0 atom stereocenters. The first-order chi connectivity index (χ1) is 9.08. The summed E-state index contributed by atoms with van der Waals surface area (Å²) in [6, 6.07) is 1.71. The highest BCUT2D eigenvalue weighted by Crippen LogP contribution is 2.08. The number of amides is 1. The fourth-order valence-corrected chi connectivity index (χ4v) is 1.61. The van der Waals surface area contributed by atoms with Gasteiger partial charge in [0, 0.05) is 25.8 Å². The summed E-state index contributed by atoms with van der Waals surface area (Å²) in [4.78, 5) is 22.4. The molecule has 0 spiro atoms. The molecule has 0 radical (unpaired) electrons. The maximum Gasteiger partial charge on any atom is 0.272 e. The number of hydrogen-bond donors (Lipinski definition) is 1. The SMILES string of the molecule is C=CCNc1nc(C)cc(C(=O)N(C)CCCC)n1. The summed E-state index contributed by atoms with van der Waals surface area (Å²) in [5, 5.41) is 3.00. The van der Waals surface area contributed by atoms with Gasteiger partial charge in [-0.2, -0.15) is 0 Å². The topological polar surface area (TPSA) is 58.1 Å². The molecule has 0 saturated carbocycles. The molecular weight excluding hydrogens is 240 g/mol. The van der Waals surface area contributed by atoms with Gasteiger partial charge >= 0.3 is 0 Å². The van der Waals surface area contributed by atoms with Crippen LogP contribution in [0.2, 0.25) is 0 Å². The van der Waals surface area contributed by atoms with Crippen LogP contribution >= 0.6 is 0 Å². The van der Waals surface area contributed by atoms with Crippen molar-refractivity contribution in [1.82, 2.24) is 14.9 Å². The third-order valence-corrected chi connectivity index (χ3v) is 2.67. The van der Waals surface area contributed by atoms with Crippen molar-refractivity contribution in [2.75, 3.05) is 25.5 Å². The van der Waals surface area contributed by atoms with Crippen molar-refractivity contribution in [2.45, 2.75) is 26.7 Å². The van der Waals surface area contributed by atoms with E-state index in [1.54, 1.807) is 24.1 Å². The fraction of sp³-hybridized carbons (Fsp3) is 0.500. The number of aryl methyl sites for hydroxylation is 1. The minimum atomic E-state index is -0.0689. The average Bonchev–Trinajstić information content (AvgIpc) is 2.41. The van der Waals surface area contributed by atoms with Crippen LogP contribution in [0.1, 0.15) is 35.9 Å². The Kier molecular flexibility index (Phi) is 5.99. The number of anilines is 1. The first kappa shape index (κ1) is 15.1. The van der Waals surface area contributed by atoms with E-state index in [2.05, 4.69) is 28.8 Å². The molecule has 0 saturated heterocycles. The Balaban J connectivity index is 2.83. The lowest BCUT2D eigenvalue weighted by Crippen LogP contribution is -2.29. The molecule has 1 aromatic rings. The fourth-order valence-electron chi connectivity index (χ4n) is 1.61. The van der Waals surface area contributed by atoms with Gasteiger partial charge in [0.2, 0.25) is 5.95 Å². The van der Waals surface area contributed by atoms with Gasteiger partial charge in [-0.1, -0.05) is 19.4 Å². The van der Waals surface area contributed by atoms with E-state index in [0.29, 0.717) is 18.2 Å². The lowest BCUT2D eigenvalue weighted by Gasteiger charge is -2.16. The molecule has 0 bridgehead atoms. The molecule has 1 N–H and O–H groups in total. The van der Waals surface area contributed by atoms with Gasteiger partial charge in [0.1, 0.15) is 5.69 Å².